The molecule has 4 nitrogen and oxygen atoms in total. The predicted octanol–water partition coefficient (Wildman–Crippen LogP) is 7.28. The molecule has 0 atom stereocenters. The molecule has 5 heteroatoms. The zero-order valence-electron chi connectivity index (χ0n) is 19.1. The van der Waals surface area contributed by atoms with Crippen LogP contribution in [0.1, 0.15) is 12.0 Å². The van der Waals surface area contributed by atoms with Crippen LogP contribution in [0.2, 0.25) is 0 Å². The Hall–Kier alpha value is -3.96. The van der Waals surface area contributed by atoms with Crippen LogP contribution in [0.25, 0.3) is 33.3 Å². The van der Waals surface area contributed by atoms with Gasteiger partial charge in [-0.1, -0.05) is 107 Å². The maximum Gasteiger partial charge on any atom is 0.241 e. The van der Waals surface area contributed by atoms with Gasteiger partial charge in [-0.25, -0.2) is 5.43 Å². The van der Waals surface area contributed by atoms with Crippen LogP contribution in [-0.4, -0.2) is 16.7 Å². The van der Waals surface area contributed by atoms with Crippen molar-refractivity contribution in [2.24, 2.45) is 5.10 Å². The molecule has 1 amide bonds. The molecule has 0 bridgehead atoms. The number of hydrogen-bond donors (Lipinski definition) is 1. The molecular weight excluding hydrogens is 498 g/mol. The lowest BCUT2D eigenvalue weighted by atomic mass is 9.98. The van der Waals surface area contributed by atoms with E-state index in [1.807, 2.05) is 42.5 Å². The van der Waals surface area contributed by atoms with Gasteiger partial charge in [0, 0.05) is 33.9 Å². The Morgan fingerprint density at radius 3 is 2.14 bits per heavy atom. The van der Waals surface area contributed by atoms with Crippen LogP contribution >= 0.6 is 15.9 Å². The number of nitrogens with one attached hydrogen (secondary N) is 1. The Bertz CT molecular complexity index is 1470. The molecule has 1 N–H and O–H groups in total. The minimum Gasteiger partial charge on any atom is -0.339 e. The molecule has 0 aliphatic heterocycles. The van der Waals surface area contributed by atoms with Crippen molar-refractivity contribution in [3.05, 3.63) is 119 Å². The fraction of sp³-hybridized carbons (Fsp3) is 0.0667. The van der Waals surface area contributed by atoms with Crippen molar-refractivity contribution in [1.29, 1.82) is 0 Å². The minimum absolute atomic E-state index is 0.128. The molecule has 0 spiro atoms. The SMILES string of the molecule is O=C(CCn1c(-c2ccccc2)c(-c2ccccc2)c2ccccc21)N/N=C/c1ccc(Br)cc1. The average Bonchev–Trinajstić information content (AvgIpc) is 3.24. The second kappa shape index (κ2) is 10.5. The van der Waals surface area contributed by atoms with Crippen molar-refractivity contribution < 1.29 is 4.79 Å². The maximum absolute atomic E-state index is 12.7. The van der Waals surface area contributed by atoms with Gasteiger partial charge in [0.25, 0.3) is 0 Å². The van der Waals surface area contributed by atoms with E-state index in [1.165, 1.54) is 10.9 Å². The Morgan fingerprint density at radius 2 is 1.43 bits per heavy atom. The summed E-state index contributed by atoms with van der Waals surface area (Å²) in [6, 6.07) is 37.0. The number of hydrogen-bond acceptors (Lipinski definition) is 2. The number of nitrogens with zero attached hydrogens (tertiary/aromatic N) is 2. The van der Waals surface area contributed by atoms with E-state index in [9.17, 15) is 4.79 Å². The van der Waals surface area contributed by atoms with Crippen molar-refractivity contribution in [2.45, 2.75) is 13.0 Å². The molecule has 0 radical (unpaired) electrons. The monoisotopic (exact) mass is 521 g/mol. The predicted molar refractivity (Wildman–Crippen MR) is 147 cm³/mol. The van der Waals surface area contributed by atoms with E-state index >= 15 is 0 Å². The van der Waals surface area contributed by atoms with Gasteiger partial charge in [-0.15, -0.1) is 0 Å². The molecule has 0 aliphatic carbocycles. The molecule has 0 saturated heterocycles. The van der Waals surface area contributed by atoms with E-state index in [1.54, 1.807) is 6.21 Å². The summed E-state index contributed by atoms with van der Waals surface area (Å²) in [4.78, 5) is 12.7. The molecule has 0 aliphatic rings. The van der Waals surface area contributed by atoms with Gasteiger partial charge in [-0.2, -0.15) is 5.10 Å². The summed E-state index contributed by atoms with van der Waals surface area (Å²) in [5, 5.41) is 5.30. The van der Waals surface area contributed by atoms with Crippen molar-refractivity contribution in [3.8, 4) is 22.4 Å². The molecule has 5 rings (SSSR count). The highest BCUT2D eigenvalue weighted by Gasteiger charge is 2.20. The third-order valence-corrected chi connectivity index (χ3v) is 6.44. The molecule has 0 unspecified atom stereocenters. The van der Waals surface area contributed by atoms with Crippen LogP contribution in [0.4, 0.5) is 0 Å². The lowest BCUT2D eigenvalue weighted by molar-refractivity contribution is -0.121. The quantitative estimate of drug-likeness (QED) is 0.177. The van der Waals surface area contributed by atoms with Crippen LogP contribution in [0.5, 0.6) is 0 Å². The van der Waals surface area contributed by atoms with E-state index in [0.717, 1.165) is 32.4 Å². The van der Waals surface area contributed by atoms with Crippen LogP contribution in [-0.2, 0) is 11.3 Å². The molecule has 5 aromatic rings. The van der Waals surface area contributed by atoms with E-state index in [0.29, 0.717) is 13.0 Å². The van der Waals surface area contributed by atoms with Crippen molar-refractivity contribution in [1.82, 2.24) is 9.99 Å². The summed E-state index contributed by atoms with van der Waals surface area (Å²) in [6.07, 6.45) is 1.96. The van der Waals surface area contributed by atoms with E-state index < -0.39 is 0 Å². The number of benzene rings is 4. The fourth-order valence-corrected chi connectivity index (χ4v) is 4.59. The summed E-state index contributed by atoms with van der Waals surface area (Å²) in [5.74, 6) is -0.128. The van der Waals surface area contributed by atoms with E-state index in [-0.39, 0.29) is 5.91 Å². The van der Waals surface area contributed by atoms with Gasteiger partial charge in [-0.05, 0) is 34.9 Å². The molecule has 35 heavy (non-hydrogen) atoms. The van der Waals surface area contributed by atoms with Gasteiger partial charge in [0.2, 0.25) is 5.91 Å². The number of para-hydroxylation sites is 1. The molecule has 0 saturated carbocycles. The Balaban J connectivity index is 1.47. The summed E-state index contributed by atoms with van der Waals surface area (Å²) in [5.41, 5.74) is 9.27. The maximum atomic E-state index is 12.7. The van der Waals surface area contributed by atoms with Gasteiger partial charge in [0.05, 0.1) is 11.9 Å². The zero-order valence-corrected chi connectivity index (χ0v) is 20.7. The molecule has 1 heterocycles. The van der Waals surface area contributed by atoms with Crippen LogP contribution in [0.15, 0.2) is 119 Å². The number of carbonyl (C=O) groups is 1. The smallest absolute Gasteiger partial charge is 0.241 e. The van der Waals surface area contributed by atoms with Crippen molar-refractivity contribution in [3.63, 3.8) is 0 Å². The normalized spacial score (nSPS) is 11.2. The zero-order chi connectivity index (χ0) is 24.0. The highest BCUT2D eigenvalue weighted by Crippen LogP contribution is 2.40. The van der Waals surface area contributed by atoms with Gasteiger partial charge >= 0.3 is 0 Å². The second-order valence-electron chi connectivity index (χ2n) is 8.22. The van der Waals surface area contributed by atoms with E-state index in [4.69, 9.17) is 0 Å². The van der Waals surface area contributed by atoms with Gasteiger partial charge in [-0.3, -0.25) is 4.79 Å². The summed E-state index contributed by atoms with van der Waals surface area (Å²) in [7, 11) is 0. The first-order chi connectivity index (χ1) is 17.2. The summed E-state index contributed by atoms with van der Waals surface area (Å²) >= 11 is 3.42. The van der Waals surface area contributed by atoms with Crippen LogP contribution in [0, 0.1) is 0 Å². The second-order valence-corrected chi connectivity index (χ2v) is 9.13. The topological polar surface area (TPSA) is 46.4 Å². The summed E-state index contributed by atoms with van der Waals surface area (Å²) < 4.78 is 3.26. The number of amides is 1. The fourth-order valence-electron chi connectivity index (χ4n) is 4.33. The van der Waals surface area contributed by atoms with Crippen LogP contribution in [0.3, 0.4) is 0 Å². The third kappa shape index (κ3) is 5.10. The molecular formula is C30H24BrN3O. The lowest BCUT2D eigenvalue weighted by Crippen LogP contribution is -2.19. The first-order valence-electron chi connectivity index (χ1n) is 11.5. The molecule has 1 aromatic heterocycles. The average molecular weight is 522 g/mol. The Labute approximate surface area is 213 Å². The number of rotatable bonds is 7. The lowest BCUT2D eigenvalue weighted by Gasteiger charge is -2.13. The van der Waals surface area contributed by atoms with Crippen molar-refractivity contribution in [2.75, 3.05) is 0 Å². The van der Waals surface area contributed by atoms with Crippen molar-refractivity contribution >= 4 is 39.0 Å². The number of carbonyl (C=O) groups excluding carboxylic acids is 1. The highest BCUT2D eigenvalue weighted by atomic mass is 79.9. The number of hydrazone groups is 1. The Kier molecular flexibility index (Phi) is 6.87. The molecule has 172 valence electrons. The Morgan fingerprint density at radius 1 is 0.800 bits per heavy atom. The van der Waals surface area contributed by atoms with Crippen LogP contribution < -0.4 is 5.43 Å². The number of fused-ring (bicyclic) bond motifs is 1. The standard InChI is InChI=1S/C30H24BrN3O/c31-25-17-15-22(16-18-25)21-32-33-28(35)19-20-34-27-14-8-7-13-26(27)29(23-9-3-1-4-10-23)30(34)24-11-5-2-6-12-24/h1-18,21H,19-20H2,(H,33,35)/b32-21+. The van der Waals surface area contributed by atoms with Gasteiger partial charge in [0.15, 0.2) is 0 Å². The van der Waals surface area contributed by atoms with Gasteiger partial charge < -0.3 is 4.57 Å². The highest BCUT2D eigenvalue weighted by molar-refractivity contribution is 9.10. The van der Waals surface area contributed by atoms with E-state index in [2.05, 4.69) is 97.8 Å². The number of halogens is 1. The largest absolute Gasteiger partial charge is 0.339 e. The third-order valence-electron chi connectivity index (χ3n) is 5.92. The first kappa shape index (κ1) is 22.8. The first-order valence-corrected chi connectivity index (χ1v) is 12.3. The molecule has 0 fully saturated rings. The van der Waals surface area contributed by atoms with Gasteiger partial charge in [0.1, 0.15) is 0 Å². The summed E-state index contributed by atoms with van der Waals surface area (Å²) in [6.45, 7) is 0.539. The number of aromatic nitrogens is 1. The molecule has 4 aromatic carbocycles. The number of aryl methyl sites for hydroxylation is 1. The minimum atomic E-state index is -0.128.